The summed E-state index contributed by atoms with van der Waals surface area (Å²) >= 11 is 5.85. The second-order valence-electron chi connectivity index (χ2n) is 3.12. The molecule has 0 atom stereocenters. The van der Waals surface area contributed by atoms with Gasteiger partial charge in [-0.3, -0.25) is 5.10 Å². The van der Waals surface area contributed by atoms with Crippen molar-refractivity contribution in [3.8, 4) is 17.0 Å². The summed E-state index contributed by atoms with van der Waals surface area (Å²) in [6.07, 6.45) is 0. The van der Waals surface area contributed by atoms with E-state index >= 15 is 0 Å². The Bertz CT molecular complexity index is 551. The maximum atomic E-state index is 10.7. The third-order valence-electron chi connectivity index (χ3n) is 2.04. The summed E-state index contributed by atoms with van der Waals surface area (Å²) in [7, 11) is 0. The van der Waals surface area contributed by atoms with Crippen molar-refractivity contribution < 1.29 is 15.0 Å². The standard InChI is InChI=1S/C10H7ClN2O3/c11-7-8(12-13-9(7)10(15)16)5-2-1-3-6(14)4-5/h1-4,14H,(H,12,13)(H,15,16). The zero-order valence-corrected chi connectivity index (χ0v) is 8.69. The molecule has 0 unspecified atom stereocenters. The molecule has 2 rings (SSSR count). The molecule has 16 heavy (non-hydrogen) atoms. The molecule has 0 aliphatic rings. The largest absolute Gasteiger partial charge is 0.508 e. The molecule has 1 heterocycles. The van der Waals surface area contributed by atoms with E-state index in [0.717, 1.165) is 0 Å². The van der Waals surface area contributed by atoms with Gasteiger partial charge in [-0.25, -0.2) is 4.79 Å². The van der Waals surface area contributed by atoms with Crippen LogP contribution >= 0.6 is 11.6 Å². The van der Waals surface area contributed by atoms with Gasteiger partial charge in [0.25, 0.3) is 0 Å². The third-order valence-corrected chi connectivity index (χ3v) is 2.41. The number of aromatic carboxylic acids is 1. The van der Waals surface area contributed by atoms with Crippen LogP contribution in [0.1, 0.15) is 10.5 Å². The average Bonchev–Trinajstić information content (AvgIpc) is 2.60. The number of carboxylic acid groups (broad SMARTS) is 1. The lowest BCUT2D eigenvalue weighted by atomic mass is 10.1. The molecule has 0 amide bonds. The predicted octanol–water partition coefficient (Wildman–Crippen LogP) is 2.13. The summed E-state index contributed by atoms with van der Waals surface area (Å²) in [4.78, 5) is 10.7. The van der Waals surface area contributed by atoms with Crippen molar-refractivity contribution in [1.82, 2.24) is 10.2 Å². The minimum atomic E-state index is -1.18. The highest BCUT2D eigenvalue weighted by Gasteiger charge is 2.17. The number of aromatic nitrogens is 2. The molecule has 2 aromatic rings. The quantitative estimate of drug-likeness (QED) is 0.748. The normalized spacial score (nSPS) is 10.3. The number of H-pyrrole nitrogens is 1. The van der Waals surface area contributed by atoms with Crippen molar-refractivity contribution >= 4 is 17.6 Å². The highest BCUT2D eigenvalue weighted by molar-refractivity contribution is 6.35. The number of halogens is 1. The number of carboxylic acids is 1. The van der Waals surface area contributed by atoms with Crippen LogP contribution in [-0.2, 0) is 0 Å². The molecule has 5 nitrogen and oxygen atoms in total. The maximum absolute atomic E-state index is 10.7. The Hall–Kier alpha value is -2.01. The average molecular weight is 239 g/mol. The Morgan fingerprint density at radius 2 is 2.19 bits per heavy atom. The number of nitrogens with one attached hydrogen (secondary N) is 1. The summed E-state index contributed by atoms with van der Waals surface area (Å²) in [5, 5.41) is 24.2. The Morgan fingerprint density at radius 1 is 1.44 bits per heavy atom. The molecule has 0 radical (unpaired) electrons. The van der Waals surface area contributed by atoms with E-state index in [0.29, 0.717) is 11.3 Å². The molecule has 0 bridgehead atoms. The van der Waals surface area contributed by atoms with Crippen molar-refractivity contribution in [2.75, 3.05) is 0 Å². The van der Waals surface area contributed by atoms with Crippen LogP contribution in [0.15, 0.2) is 24.3 Å². The van der Waals surface area contributed by atoms with Crippen LogP contribution < -0.4 is 0 Å². The maximum Gasteiger partial charge on any atom is 0.355 e. The summed E-state index contributed by atoms with van der Waals surface area (Å²) in [5.41, 5.74) is 0.684. The number of phenolic OH excluding ortho intramolecular Hbond substituents is 1. The fourth-order valence-electron chi connectivity index (χ4n) is 1.31. The minimum absolute atomic E-state index is 0.0260. The molecule has 0 saturated carbocycles. The van der Waals surface area contributed by atoms with Gasteiger partial charge in [0.2, 0.25) is 0 Å². The van der Waals surface area contributed by atoms with Crippen molar-refractivity contribution in [3.63, 3.8) is 0 Å². The van der Waals surface area contributed by atoms with Gasteiger partial charge in [0.15, 0.2) is 5.69 Å². The number of hydrogen-bond donors (Lipinski definition) is 3. The van der Waals surface area contributed by atoms with E-state index in [2.05, 4.69) is 10.2 Å². The molecule has 6 heteroatoms. The van der Waals surface area contributed by atoms with Crippen molar-refractivity contribution in [2.45, 2.75) is 0 Å². The van der Waals surface area contributed by atoms with Crippen LogP contribution in [0.3, 0.4) is 0 Å². The fourth-order valence-corrected chi connectivity index (χ4v) is 1.59. The SMILES string of the molecule is O=C(O)c1[nH]nc(-c2cccc(O)c2)c1Cl. The second-order valence-corrected chi connectivity index (χ2v) is 3.49. The molecule has 82 valence electrons. The molecule has 0 saturated heterocycles. The van der Waals surface area contributed by atoms with Gasteiger partial charge >= 0.3 is 5.97 Å². The monoisotopic (exact) mass is 238 g/mol. The molecule has 0 fully saturated rings. The number of aromatic hydroxyl groups is 1. The zero-order chi connectivity index (χ0) is 11.7. The summed E-state index contributed by atoms with van der Waals surface area (Å²) in [6, 6.07) is 6.25. The second kappa shape index (κ2) is 3.86. The van der Waals surface area contributed by atoms with E-state index in [1.165, 1.54) is 12.1 Å². The lowest BCUT2D eigenvalue weighted by Crippen LogP contribution is -1.96. The minimum Gasteiger partial charge on any atom is -0.508 e. The van der Waals surface area contributed by atoms with Gasteiger partial charge in [-0.1, -0.05) is 23.7 Å². The lowest BCUT2D eigenvalue weighted by molar-refractivity contribution is 0.0690. The Morgan fingerprint density at radius 3 is 2.75 bits per heavy atom. The van der Waals surface area contributed by atoms with E-state index in [-0.39, 0.29) is 16.5 Å². The van der Waals surface area contributed by atoms with Gasteiger partial charge in [0, 0.05) is 5.56 Å². The number of aromatic amines is 1. The number of nitrogens with zero attached hydrogens (tertiary/aromatic N) is 1. The highest BCUT2D eigenvalue weighted by Crippen LogP contribution is 2.29. The highest BCUT2D eigenvalue weighted by atomic mass is 35.5. The van der Waals surface area contributed by atoms with Gasteiger partial charge < -0.3 is 10.2 Å². The van der Waals surface area contributed by atoms with Crippen LogP contribution in [0.25, 0.3) is 11.3 Å². The van der Waals surface area contributed by atoms with E-state index in [1.807, 2.05) is 0 Å². The zero-order valence-electron chi connectivity index (χ0n) is 7.94. The van der Waals surface area contributed by atoms with E-state index in [1.54, 1.807) is 12.1 Å². The van der Waals surface area contributed by atoms with Gasteiger partial charge in [-0.2, -0.15) is 5.10 Å². The Labute approximate surface area is 95.3 Å². The first kappa shape index (κ1) is 10.5. The molecule has 0 spiro atoms. The van der Waals surface area contributed by atoms with E-state index in [4.69, 9.17) is 16.7 Å². The van der Waals surface area contributed by atoms with E-state index in [9.17, 15) is 9.90 Å². The summed E-state index contributed by atoms with van der Waals surface area (Å²) in [6.45, 7) is 0. The van der Waals surface area contributed by atoms with Crippen molar-refractivity contribution in [2.24, 2.45) is 0 Å². The molecular formula is C10H7ClN2O3. The van der Waals surface area contributed by atoms with Crippen LogP contribution in [-0.4, -0.2) is 26.4 Å². The number of rotatable bonds is 2. The smallest absolute Gasteiger partial charge is 0.355 e. The third kappa shape index (κ3) is 1.72. The molecule has 1 aromatic carbocycles. The van der Waals surface area contributed by atoms with Gasteiger partial charge in [-0.05, 0) is 12.1 Å². The van der Waals surface area contributed by atoms with Crippen LogP contribution in [0.2, 0.25) is 5.02 Å². The number of phenols is 1. The molecule has 0 aliphatic carbocycles. The number of hydrogen-bond acceptors (Lipinski definition) is 3. The molecular weight excluding hydrogens is 232 g/mol. The first-order valence-corrected chi connectivity index (χ1v) is 4.74. The molecule has 0 aliphatic heterocycles. The van der Waals surface area contributed by atoms with Crippen LogP contribution in [0.4, 0.5) is 0 Å². The van der Waals surface area contributed by atoms with Gasteiger partial charge in [0.05, 0.1) is 0 Å². The van der Waals surface area contributed by atoms with Crippen molar-refractivity contribution in [3.05, 3.63) is 35.0 Å². The topological polar surface area (TPSA) is 86.2 Å². The Kier molecular flexibility index (Phi) is 2.54. The number of benzene rings is 1. The Balaban J connectivity index is 2.53. The predicted molar refractivity (Wildman–Crippen MR) is 57.7 cm³/mol. The lowest BCUT2D eigenvalue weighted by Gasteiger charge is -1.98. The van der Waals surface area contributed by atoms with Crippen molar-refractivity contribution in [1.29, 1.82) is 0 Å². The summed E-state index contributed by atoms with van der Waals surface area (Å²) in [5.74, 6) is -1.11. The number of carbonyl (C=O) groups is 1. The van der Waals surface area contributed by atoms with E-state index < -0.39 is 5.97 Å². The van der Waals surface area contributed by atoms with Crippen LogP contribution in [0.5, 0.6) is 5.75 Å². The first-order chi connectivity index (χ1) is 7.59. The van der Waals surface area contributed by atoms with Crippen LogP contribution in [0, 0.1) is 0 Å². The van der Waals surface area contributed by atoms with Gasteiger partial charge in [0.1, 0.15) is 16.5 Å². The fraction of sp³-hybridized carbons (Fsp3) is 0. The first-order valence-electron chi connectivity index (χ1n) is 4.36. The molecule has 1 aromatic heterocycles. The van der Waals surface area contributed by atoms with Gasteiger partial charge in [-0.15, -0.1) is 0 Å². The molecule has 3 N–H and O–H groups in total. The summed E-state index contributed by atoms with van der Waals surface area (Å²) < 4.78 is 0.